The summed E-state index contributed by atoms with van der Waals surface area (Å²) in [6.45, 7) is 0. The summed E-state index contributed by atoms with van der Waals surface area (Å²) in [6, 6.07) is 0.562. The molecule has 1 saturated carbocycles. The Kier molecular flexibility index (Phi) is 14.3. The summed E-state index contributed by atoms with van der Waals surface area (Å²) < 4.78 is 54.5. The third-order valence-corrected chi connectivity index (χ3v) is 1.87. The molecule has 2 unspecified atom stereocenters. The Morgan fingerprint density at radius 3 is 1.11 bits per heavy atom. The fourth-order valence-corrected chi connectivity index (χ4v) is 1.19. The maximum Gasteiger partial charge on any atom is 2.00 e. The average molecular weight is 499 g/mol. The molecule has 0 spiro atoms. The zero-order valence-corrected chi connectivity index (χ0v) is 14.6. The van der Waals surface area contributed by atoms with Gasteiger partial charge in [-0.15, -0.1) is 0 Å². The first-order chi connectivity index (χ1) is 7.80. The summed E-state index contributed by atoms with van der Waals surface area (Å²) in [5, 5.41) is 0. The Bertz CT molecular complexity index is 355. The van der Waals surface area contributed by atoms with Gasteiger partial charge in [0.15, 0.2) is 0 Å². The van der Waals surface area contributed by atoms with Gasteiger partial charge in [-0.25, -0.2) is 16.8 Å². The molecule has 0 aromatic heterocycles. The van der Waals surface area contributed by atoms with E-state index in [4.69, 9.17) is 37.4 Å². The largest absolute Gasteiger partial charge is 2.00 e. The molecule has 0 bridgehead atoms. The second-order valence-corrected chi connectivity index (χ2v) is 6.84. The summed E-state index contributed by atoms with van der Waals surface area (Å²) in [5.41, 5.74) is 11.3. The number of hydrogen-bond donors (Lipinski definition) is 2. The predicted octanol–water partition coefficient (Wildman–Crippen LogP) is -1.46. The molecule has 0 heterocycles. The van der Waals surface area contributed by atoms with Crippen LogP contribution < -0.4 is 11.5 Å². The molecule has 0 aliphatic heterocycles. The SMILES string of the molecule is CS(=O)(=O)[O-].CS(=O)(=O)[O-].NC1CCCCC1N.[Pt+2]. The van der Waals surface area contributed by atoms with Gasteiger partial charge in [-0.05, 0) is 12.8 Å². The van der Waals surface area contributed by atoms with E-state index >= 15 is 0 Å². The van der Waals surface area contributed by atoms with Crippen LogP contribution in [0.1, 0.15) is 25.7 Å². The smallest absolute Gasteiger partial charge is 0.748 e. The average Bonchev–Trinajstić information content (AvgIpc) is 2.04. The third kappa shape index (κ3) is 38.1. The number of hydrogen-bond acceptors (Lipinski definition) is 8. The van der Waals surface area contributed by atoms with Crippen molar-refractivity contribution in [3.05, 3.63) is 0 Å². The van der Waals surface area contributed by atoms with E-state index in [2.05, 4.69) is 0 Å². The molecular formula is C8H20N2O6PtS2. The first kappa shape index (κ1) is 24.4. The Hall–Kier alpha value is 0.428. The summed E-state index contributed by atoms with van der Waals surface area (Å²) >= 11 is 0. The van der Waals surface area contributed by atoms with Gasteiger partial charge >= 0.3 is 21.1 Å². The van der Waals surface area contributed by atoms with Crippen LogP contribution in [-0.4, -0.2) is 50.5 Å². The Balaban J connectivity index is -0.000000208. The van der Waals surface area contributed by atoms with Crippen molar-refractivity contribution in [2.45, 2.75) is 37.8 Å². The van der Waals surface area contributed by atoms with Crippen LogP contribution in [0.3, 0.4) is 0 Å². The van der Waals surface area contributed by atoms with Crippen molar-refractivity contribution in [1.82, 2.24) is 0 Å². The fourth-order valence-electron chi connectivity index (χ4n) is 1.19. The Morgan fingerprint density at radius 2 is 1.00 bits per heavy atom. The predicted molar refractivity (Wildman–Crippen MR) is 65.7 cm³/mol. The normalized spacial score (nSPS) is 22.8. The molecule has 0 saturated heterocycles. The first-order valence-corrected chi connectivity index (χ1v) is 8.77. The van der Waals surface area contributed by atoms with Gasteiger partial charge in [-0.1, -0.05) is 12.8 Å². The van der Waals surface area contributed by atoms with Crippen molar-refractivity contribution in [3.8, 4) is 0 Å². The monoisotopic (exact) mass is 499 g/mol. The van der Waals surface area contributed by atoms with Crippen molar-refractivity contribution < 1.29 is 47.0 Å². The molecule has 1 rings (SSSR count). The maximum atomic E-state index is 9.08. The van der Waals surface area contributed by atoms with E-state index in [-0.39, 0.29) is 33.1 Å². The maximum absolute atomic E-state index is 9.08. The molecule has 120 valence electrons. The van der Waals surface area contributed by atoms with Crippen molar-refractivity contribution in [1.29, 1.82) is 0 Å². The van der Waals surface area contributed by atoms with Crippen molar-refractivity contribution >= 4 is 20.2 Å². The van der Waals surface area contributed by atoms with Gasteiger partial charge in [0.05, 0.1) is 20.2 Å². The van der Waals surface area contributed by atoms with Gasteiger partial charge in [0.25, 0.3) is 0 Å². The number of nitrogens with two attached hydrogens (primary N) is 2. The van der Waals surface area contributed by atoms with Crippen LogP contribution >= 0.6 is 0 Å². The molecule has 1 aliphatic rings. The van der Waals surface area contributed by atoms with E-state index in [9.17, 15) is 0 Å². The van der Waals surface area contributed by atoms with Crippen LogP contribution in [0.25, 0.3) is 0 Å². The molecule has 0 amide bonds. The van der Waals surface area contributed by atoms with Gasteiger partial charge in [0, 0.05) is 24.6 Å². The molecule has 0 aromatic carbocycles. The van der Waals surface area contributed by atoms with Crippen LogP contribution in [0.4, 0.5) is 0 Å². The molecule has 0 radical (unpaired) electrons. The zero-order valence-electron chi connectivity index (χ0n) is 10.7. The fraction of sp³-hybridized carbons (Fsp3) is 1.00. The molecule has 4 N–H and O–H groups in total. The second kappa shape index (κ2) is 11.1. The molecule has 1 fully saturated rings. The second-order valence-electron chi connectivity index (χ2n) is 4.02. The van der Waals surface area contributed by atoms with Gasteiger partial charge in [-0.3, -0.25) is 0 Å². The summed E-state index contributed by atoms with van der Waals surface area (Å²) in [4.78, 5) is 0. The van der Waals surface area contributed by atoms with Gasteiger partial charge in [0.1, 0.15) is 0 Å². The van der Waals surface area contributed by atoms with Crippen LogP contribution in [0.15, 0.2) is 0 Å². The van der Waals surface area contributed by atoms with Crippen LogP contribution in [-0.2, 0) is 41.3 Å². The topological polar surface area (TPSA) is 166 Å². The van der Waals surface area contributed by atoms with Crippen LogP contribution in [0, 0.1) is 0 Å². The molecule has 11 heteroatoms. The van der Waals surface area contributed by atoms with Gasteiger partial charge in [0.2, 0.25) is 0 Å². The van der Waals surface area contributed by atoms with Crippen molar-refractivity contribution in [2.24, 2.45) is 11.5 Å². The minimum Gasteiger partial charge on any atom is -0.748 e. The van der Waals surface area contributed by atoms with E-state index in [0.717, 1.165) is 12.8 Å². The Morgan fingerprint density at radius 1 is 0.842 bits per heavy atom. The standard InChI is InChI=1S/C6H14N2.2CH4O3S.Pt/c7-5-3-1-2-4-6(5)8;2*1-5(2,3)4;/h5-6H,1-4,7-8H2;2*1H3,(H,2,3,4);/q;;;+2/p-2. The van der Waals surface area contributed by atoms with Gasteiger partial charge < -0.3 is 20.6 Å². The molecule has 19 heavy (non-hydrogen) atoms. The number of rotatable bonds is 0. The van der Waals surface area contributed by atoms with E-state index < -0.39 is 20.2 Å². The zero-order chi connectivity index (χ0) is 15.0. The van der Waals surface area contributed by atoms with E-state index in [0.29, 0.717) is 12.5 Å². The molecule has 2 atom stereocenters. The van der Waals surface area contributed by atoms with Crippen molar-refractivity contribution in [3.63, 3.8) is 0 Å². The van der Waals surface area contributed by atoms with Gasteiger partial charge in [-0.2, -0.15) is 0 Å². The molecular weight excluding hydrogens is 479 g/mol. The quantitative estimate of drug-likeness (QED) is 0.381. The third-order valence-electron chi connectivity index (χ3n) is 1.87. The summed E-state index contributed by atoms with van der Waals surface area (Å²) in [6.07, 6.45) is 6.01. The van der Waals surface area contributed by atoms with Crippen LogP contribution in [0.5, 0.6) is 0 Å². The molecule has 0 aromatic rings. The van der Waals surface area contributed by atoms with Crippen LogP contribution in [0.2, 0.25) is 0 Å². The first-order valence-electron chi connectivity index (χ1n) is 5.13. The minimum absolute atomic E-state index is 0. The Labute approximate surface area is 129 Å². The van der Waals surface area contributed by atoms with E-state index in [1.165, 1.54) is 12.8 Å². The van der Waals surface area contributed by atoms with E-state index in [1.807, 2.05) is 0 Å². The molecule has 8 nitrogen and oxygen atoms in total. The summed E-state index contributed by atoms with van der Waals surface area (Å²) in [5.74, 6) is 0. The van der Waals surface area contributed by atoms with E-state index in [1.54, 1.807) is 0 Å². The summed E-state index contributed by atoms with van der Waals surface area (Å²) in [7, 11) is -7.83. The molecule has 1 aliphatic carbocycles. The van der Waals surface area contributed by atoms with Crippen molar-refractivity contribution in [2.75, 3.05) is 12.5 Å². The minimum atomic E-state index is -3.92.